The second-order valence-electron chi connectivity index (χ2n) is 5.02. The second-order valence-corrected chi connectivity index (χ2v) is 7.32. The standard InChI is InChI=1S/C14H19ClN2O5S/c1-9(2)17(4)13(18)8-22-14(19)11-7-10(5-6-12(11)15)23(20,21)16-3/h5-7,9,16H,8H2,1-4H3. The van der Waals surface area contributed by atoms with Gasteiger partial charge in [-0.3, -0.25) is 4.79 Å². The molecule has 1 aromatic carbocycles. The van der Waals surface area contributed by atoms with Gasteiger partial charge in [0.2, 0.25) is 10.0 Å². The summed E-state index contributed by atoms with van der Waals surface area (Å²) in [6.07, 6.45) is 0. The maximum Gasteiger partial charge on any atom is 0.340 e. The number of nitrogens with zero attached hydrogens (tertiary/aromatic N) is 1. The lowest BCUT2D eigenvalue weighted by Crippen LogP contribution is -2.36. The first-order valence-corrected chi connectivity index (χ1v) is 8.62. The van der Waals surface area contributed by atoms with E-state index in [1.54, 1.807) is 7.05 Å². The number of halogens is 1. The van der Waals surface area contributed by atoms with Gasteiger partial charge >= 0.3 is 5.97 Å². The summed E-state index contributed by atoms with van der Waals surface area (Å²) in [4.78, 5) is 25.1. The van der Waals surface area contributed by atoms with Crippen LogP contribution in [0.2, 0.25) is 5.02 Å². The van der Waals surface area contributed by atoms with Crippen LogP contribution in [0.5, 0.6) is 0 Å². The van der Waals surface area contributed by atoms with E-state index in [1.165, 1.54) is 24.1 Å². The second kappa shape index (κ2) is 7.76. The zero-order chi connectivity index (χ0) is 17.8. The molecule has 0 atom stereocenters. The van der Waals surface area contributed by atoms with E-state index in [1.807, 2.05) is 13.8 Å². The molecule has 0 unspecified atom stereocenters. The fourth-order valence-corrected chi connectivity index (χ4v) is 2.49. The summed E-state index contributed by atoms with van der Waals surface area (Å²) in [6, 6.07) is 3.62. The van der Waals surface area contributed by atoms with E-state index < -0.39 is 22.6 Å². The van der Waals surface area contributed by atoms with Crippen LogP contribution in [-0.4, -0.2) is 51.9 Å². The molecule has 0 saturated carbocycles. The van der Waals surface area contributed by atoms with Gasteiger partial charge in [0.1, 0.15) is 0 Å². The molecule has 0 aliphatic heterocycles. The molecule has 0 spiro atoms. The number of rotatable bonds is 6. The van der Waals surface area contributed by atoms with E-state index in [9.17, 15) is 18.0 Å². The molecule has 1 aromatic rings. The van der Waals surface area contributed by atoms with Gasteiger partial charge in [-0.15, -0.1) is 0 Å². The fourth-order valence-electron chi connectivity index (χ4n) is 1.54. The van der Waals surface area contributed by atoms with Crippen molar-refractivity contribution in [1.82, 2.24) is 9.62 Å². The van der Waals surface area contributed by atoms with Crippen molar-refractivity contribution in [3.05, 3.63) is 28.8 Å². The molecule has 128 valence electrons. The molecule has 9 heteroatoms. The van der Waals surface area contributed by atoms with E-state index in [0.29, 0.717) is 0 Å². The number of carbonyl (C=O) groups is 2. The topological polar surface area (TPSA) is 92.8 Å². The van der Waals surface area contributed by atoms with Gasteiger partial charge in [0.05, 0.1) is 15.5 Å². The van der Waals surface area contributed by atoms with Crippen LogP contribution >= 0.6 is 11.6 Å². The first-order chi connectivity index (χ1) is 10.6. The number of carbonyl (C=O) groups excluding carboxylic acids is 2. The molecule has 0 saturated heterocycles. The SMILES string of the molecule is CNS(=O)(=O)c1ccc(Cl)c(C(=O)OCC(=O)N(C)C(C)C)c1. The third kappa shape index (κ3) is 4.92. The predicted octanol–water partition coefficient (Wildman–Crippen LogP) is 1.27. The van der Waals surface area contributed by atoms with Crippen molar-refractivity contribution < 1.29 is 22.7 Å². The monoisotopic (exact) mass is 362 g/mol. The van der Waals surface area contributed by atoms with Gasteiger partial charge in [-0.1, -0.05) is 11.6 Å². The molecule has 0 aromatic heterocycles. The van der Waals surface area contributed by atoms with Crippen LogP contribution in [0.1, 0.15) is 24.2 Å². The molecule has 0 heterocycles. The molecule has 0 aliphatic rings. The molecule has 1 rings (SSSR count). The molecule has 23 heavy (non-hydrogen) atoms. The van der Waals surface area contributed by atoms with Crippen LogP contribution in [0.25, 0.3) is 0 Å². The Labute approximate surface area is 140 Å². The zero-order valence-electron chi connectivity index (χ0n) is 13.3. The van der Waals surface area contributed by atoms with Gasteiger partial charge in [0.25, 0.3) is 5.91 Å². The number of esters is 1. The van der Waals surface area contributed by atoms with Gasteiger partial charge in [-0.25, -0.2) is 17.9 Å². The smallest absolute Gasteiger partial charge is 0.340 e. The van der Waals surface area contributed by atoms with E-state index in [4.69, 9.17) is 16.3 Å². The molecule has 0 fully saturated rings. The number of hydrogen-bond donors (Lipinski definition) is 1. The molecule has 0 aliphatic carbocycles. The van der Waals surface area contributed by atoms with Gasteiger partial charge in [0, 0.05) is 13.1 Å². The molecular formula is C14H19ClN2O5S. The summed E-state index contributed by atoms with van der Waals surface area (Å²) in [7, 11) is -0.875. The Morgan fingerprint density at radius 2 is 1.96 bits per heavy atom. The Bertz CT molecular complexity index is 703. The van der Waals surface area contributed by atoms with Crippen molar-refractivity contribution in [1.29, 1.82) is 0 Å². The Morgan fingerprint density at radius 1 is 1.35 bits per heavy atom. The molecule has 0 radical (unpaired) electrons. The Morgan fingerprint density at radius 3 is 2.48 bits per heavy atom. The first kappa shape index (κ1) is 19.4. The third-order valence-electron chi connectivity index (χ3n) is 3.23. The molecule has 0 bridgehead atoms. The predicted molar refractivity (Wildman–Crippen MR) is 85.9 cm³/mol. The van der Waals surface area contributed by atoms with Crippen molar-refractivity contribution in [3.63, 3.8) is 0 Å². The highest BCUT2D eigenvalue weighted by molar-refractivity contribution is 7.89. The number of nitrogens with one attached hydrogen (secondary N) is 1. The highest BCUT2D eigenvalue weighted by atomic mass is 35.5. The van der Waals surface area contributed by atoms with Crippen LogP contribution < -0.4 is 4.72 Å². The summed E-state index contributed by atoms with van der Waals surface area (Å²) >= 11 is 5.90. The Hall–Kier alpha value is -1.64. The number of benzene rings is 1. The lowest BCUT2D eigenvalue weighted by Gasteiger charge is -2.21. The van der Waals surface area contributed by atoms with Gasteiger partial charge in [-0.2, -0.15) is 0 Å². The third-order valence-corrected chi connectivity index (χ3v) is 4.97. The average Bonchev–Trinajstić information content (AvgIpc) is 2.51. The molecule has 7 nitrogen and oxygen atoms in total. The number of hydrogen-bond acceptors (Lipinski definition) is 5. The minimum atomic E-state index is -3.72. The summed E-state index contributed by atoms with van der Waals surface area (Å²) in [5.41, 5.74) is -0.122. The van der Waals surface area contributed by atoms with Crippen LogP contribution in [-0.2, 0) is 19.6 Å². The van der Waals surface area contributed by atoms with Gasteiger partial charge in [0.15, 0.2) is 6.61 Å². The Kier molecular flexibility index (Phi) is 6.55. The zero-order valence-corrected chi connectivity index (χ0v) is 14.9. The van der Waals surface area contributed by atoms with Crippen LogP contribution in [0, 0.1) is 0 Å². The minimum absolute atomic E-state index is 0.0334. The first-order valence-electron chi connectivity index (χ1n) is 6.76. The molecular weight excluding hydrogens is 344 g/mol. The summed E-state index contributed by atoms with van der Waals surface area (Å²) in [6.45, 7) is 3.19. The van der Waals surface area contributed by atoms with Crippen LogP contribution in [0.3, 0.4) is 0 Å². The van der Waals surface area contributed by atoms with Crippen molar-refractivity contribution in [3.8, 4) is 0 Å². The fraction of sp³-hybridized carbons (Fsp3) is 0.429. The average molecular weight is 363 g/mol. The van der Waals surface area contributed by atoms with Crippen molar-refractivity contribution >= 4 is 33.5 Å². The van der Waals surface area contributed by atoms with E-state index in [-0.39, 0.29) is 27.4 Å². The van der Waals surface area contributed by atoms with E-state index >= 15 is 0 Å². The number of amides is 1. The maximum absolute atomic E-state index is 12.0. The van der Waals surface area contributed by atoms with Gasteiger partial charge in [-0.05, 0) is 39.1 Å². The number of ether oxygens (including phenoxy) is 1. The molecule has 1 amide bonds. The Balaban J connectivity index is 2.92. The summed E-state index contributed by atoms with van der Waals surface area (Å²) in [5, 5.41) is 0.0368. The van der Waals surface area contributed by atoms with E-state index in [2.05, 4.69) is 4.72 Å². The summed E-state index contributed by atoms with van der Waals surface area (Å²) < 4.78 is 30.6. The highest BCUT2D eigenvalue weighted by Crippen LogP contribution is 2.21. The number of sulfonamides is 1. The van der Waals surface area contributed by atoms with E-state index in [0.717, 1.165) is 6.07 Å². The lowest BCUT2D eigenvalue weighted by molar-refractivity contribution is -0.134. The molecule has 1 N–H and O–H groups in total. The maximum atomic E-state index is 12.0. The minimum Gasteiger partial charge on any atom is -0.452 e. The van der Waals surface area contributed by atoms with Crippen LogP contribution in [0.15, 0.2) is 23.1 Å². The van der Waals surface area contributed by atoms with Crippen molar-refractivity contribution in [2.75, 3.05) is 20.7 Å². The van der Waals surface area contributed by atoms with Crippen molar-refractivity contribution in [2.24, 2.45) is 0 Å². The lowest BCUT2D eigenvalue weighted by atomic mass is 10.2. The highest BCUT2D eigenvalue weighted by Gasteiger charge is 2.20. The summed E-state index contributed by atoms with van der Waals surface area (Å²) in [5.74, 6) is -1.24. The van der Waals surface area contributed by atoms with Crippen molar-refractivity contribution in [2.45, 2.75) is 24.8 Å². The number of likely N-dealkylation sites (N-methyl/N-ethyl adjacent to an activating group) is 1. The van der Waals surface area contributed by atoms with Crippen LogP contribution in [0.4, 0.5) is 0 Å². The quantitative estimate of drug-likeness (QED) is 0.769. The van der Waals surface area contributed by atoms with Gasteiger partial charge < -0.3 is 9.64 Å². The largest absolute Gasteiger partial charge is 0.452 e. The normalized spacial score (nSPS) is 11.4.